The lowest BCUT2D eigenvalue weighted by Crippen LogP contribution is -2.00. The monoisotopic (exact) mass is 288 g/mol. The topological polar surface area (TPSA) is 35.8 Å². The third-order valence-corrected chi connectivity index (χ3v) is 3.21. The van der Waals surface area contributed by atoms with E-state index in [-0.39, 0.29) is 0 Å². The number of nitrogens with zero attached hydrogens (tertiary/aromatic N) is 2. The van der Waals surface area contributed by atoms with Gasteiger partial charge in [-0.1, -0.05) is 23.7 Å². The Kier molecular flexibility index (Phi) is 3.48. The van der Waals surface area contributed by atoms with Gasteiger partial charge in [0.2, 0.25) is 0 Å². The van der Waals surface area contributed by atoms with Crippen LogP contribution in [0.3, 0.4) is 0 Å². The number of rotatable bonds is 4. The first kappa shape index (κ1) is 12.8. The van der Waals surface area contributed by atoms with Crippen molar-refractivity contribution in [1.82, 2.24) is 9.38 Å². The number of hydrogen-bond acceptors (Lipinski definition) is 3. The first-order chi connectivity index (χ1) is 9.78. The average Bonchev–Trinajstić information content (AvgIpc) is 2.87. The second-order valence-electron chi connectivity index (χ2n) is 4.26. The largest absolute Gasteiger partial charge is 0.493 e. The quantitative estimate of drug-likeness (QED) is 0.736. The summed E-state index contributed by atoms with van der Waals surface area (Å²) < 4.78 is 13.0. The minimum Gasteiger partial charge on any atom is -0.493 e. The van der Waals surface area contributed by atoms with Crippen molar-refractivity contribution in [1.29, 1.82) is 0 Å². The van der Waals surface area contributed by atoms with E-state index in [4.69, 9.17) is 21.1 Å². The number of aromatic nitrogens is 2. The van der Waals surface area contributed by atoms with Crippen LogP contribution in [0.15, 0.2) is 48.8 Å². The van der Waals surface area contributed by atoms with E-state index in [1.54, 1.807) is 13.3 Å². The third kappa shape index (κ3) is 2.42. The number of hydrogen-bond donors (Lipinski definition) is 0. The fraction of sp³-hybridized carbons (Fsp3) is 0.133. The molecule has 2 aromatic heterocycles. The van der Waals surface area contributed by atoms with Gasteiger partial charge >= 0.3 is 0 Å². The lowest BCUT2D eigenvalue weighted by Gasteiger charge is -2.10. The maximum Gasteiger partial charge on any atom is 0.161 e. The first-order valence-electron chi connectivity index (χ1n) is 6.15. The van der Waals surface area contributed by atoms with Gasteiger partial charge in [-0.3, -0.25) is 4.40 Å². The van der Waals surface area contributed by atoms with Crippen LogP contribution in [0.5, 0.6) is 11.5 Å². The predicted molar refractivity (Wildman–Crippen MR) is 77.5 cm³/mol. The van der Waals surface area contributed by atoms with Crippen LogP contribution in [0.4, 0.5) is 0 Å². The third-order valence-electron chi connectivity index (χ3n) is 2.99. The van der Waals surface area contributed by atoms with Crippen molar-refractivity contribution in [2.45, 2.75) is 6.61 Å². The molecule has 5 heteroatoms. The van der Waals surface area contributed by atoms with Crippen LogP contribution in [0, 0.1) is 0 Å². The maximum absolute atomic E-state index is 6.00. The van der Waals surface area contributed by atoms with Crippen LogP contribution in [0.1, 0.15) is 5.69 Å². The second kappa shape index (κ2) is 5.43. The molecule has 0 aliphatic rings. The lowest BCUT2D eigenvalue weighted by atomic mass is 10.3. The number of fused-ring (bicyclic) bond motifs is 1. The van der Waals surface area contributed by atoms with Crippen molar-refractivity contribution in [3.63, 3.8) is 0 Å². The highest BCUT2D eigenvalue weighted by Crippen LogP contribution is 2.26. The zero-order valence-corrected chi connectivity index (χ0v) is 11.7. The fourth-order valence-corrected chi connectivity index (χ4v) is 2.16. The first-order valence-corrected chi connectivity index (χ1v) is 6.53. The predicted octanol–water partition coefficient (Wildman–Crippen LogP) is 3.58. The highest BCUT2D eigenvalue weighted by Gasteiger charge is 2.07. The molecule has 20 heavy (non-hydrogen) atoms. The maximum atomic E-state index is 6.00. The zero-order valence-electron chi connectivity index (χ0n) is 10.9. The summed E-state index contributed by atoms with van der Waals surface area (Å²) in [6, 6.07) is 11.2. The summed E-state index contributed by atoms with van der Waals surface area (Å²) in [7, 11) is 1.62. The standard InChI is InChI=1S/C15H13ClN2O2/c1-19-13-4-2-3-5-14(13)20-10-12-8-17-15-7-6-11(16)9-18(12)15/h2-9H,10H2,1H3. The van der Waals surface area contributed by atoms with Crippen LogP contribution in [-0.2, 0) is 6.61 Å². The van der Waals surface area contributed by atoms with Gasteiger partial charge in [0.15, 0.2) is 11.5 Å². The van der Waals surface area contributed by atoms with E-state index in [2.05, 4.69) is 4.98 Å². The molecule has 102 valence electrons. The molecule has 0 unspecified atom stereocenters. The number of pyridine rings is 1. The normalized spacial score (nSPS) is 10.7. The molecule has 0 radical (unpaired) electrons. The summed E-state index contributed by atoms with van der Waals surface area (Å²) in [6.07, 6.45) is 3.60. The summed E-state index contributed by atoms with van der Waals surface area (Å²) in [5.41, 5.74) is 1.77. The highest BCUT2D eigenvalue weighted by molar-refractivity contribution is 6.30. The number of halogens is 1. The molecule has 0 spiro atoms. The molecule has 0 amide bonds. The van der Waals surface area contributed by atoms with Gasteiger partial charge in [0.25, 0.3) is 0 Å². The van der Waals surface area contributed by atoms with Crippen LogP contribution < -0.4 is 9.47 Å². The van der Waals surface area contributed by atoms with Crippen LogP contribution in [0.2, 0.25) is 5.02 Å². The van der Waals surface area contributed by atoms with Gasteiger partial charge in [0.05, 0.1) is 24.0 Å². The van der Waals surface area contributed by atoms with E-state index in [1.807, 2.05) is 47.0 Å². The molecule has 3 rings (SSSR count). The number of methoxy groups -OCH3 is 1. The molecule has 4 nitrogen and oxygen atoms in total. The van der Waals surface area contributed by atoms with Crippen molar-refractivity contribution in [3.8, 4) is 11.5 Å². The Morgan fingerprint density at radius 2 is 1.95 bits per heavy atom. The molecule has 0 saturated heterocycles. The molecule has 0 N–H and O–H groups in total. The molecule has 0 fully saturated rings. The Bertz CT molecular complexity index is 740. The van der Waals surface area contributed by atoms with Crippen LogP contribution in [-0.4, -0.2) is 16.5 Å². The Balaban J connectivity index is 1.85. The summed E-state index contributed by atoms with van der Waals surface area (Å²) >= 11 is 6.00. The van der Waals surface area contributed by atoms with E-state index >= 15 is 0 Å². The van der Waals surface area contributed by atoms with Gasteiger partial charge in [-0.15, -0.1) is 0 Å². The van der Waals surface area contributed by atoms with Gasteiger partial charge in [-0.05, 0) is 24.3 Å². The van der Waals surface area contributed by atoms with E-state index in [0.717, 1.165) is 11.3 Å². The van der Waals surface area contributed by atoms with Gasteiger partial charge in [-0.2, -0.15) is 0 Å². The highest BCUT2D eigenvalue weighted by atomic mass is 35.5. The minimum atomic E-state index is 0.391. The SMILES string of the molecule is COc1ccccc1OCc1cnc2ccc(Cl)cn12. The summed E-state index contributed by atoms with van der Waals surface area (Å²) in [6.45, 7) is 0.391. The molecular formula is C15H13ClN2O2. The Hall–Kier alpha value is -2.20. The van der Waals surface area contributed by atoms with E-state index in [1.165, 1.54) is 0 Å². The molecule has 1 aromatic carbocycles. The van der Waals surface area contributed by atoms with Crippen molar-refractivity contribution in [2.24, 2.45) is 0 Å². The summed E-state index contributed by atoms with van der Waals surface area (Å²) in [5, 5.41) is 0.661. The molecule has 3 aromatic rings. The van der Waals surface area contributed by atoms with E-state index in [0.29, 0.717) is 23.1 Å². The summed E-state index contributed by atoms with van der Waals surface area (Å²) in [5.74, 6) is 1.41. The van der Waals surface area contributed by atoms with Crippen molar-refractivity contribution < 1.29 is 9.47 Å². The number of benzene rings is 1. The summed E-state index contributed by atoms with van der Waals surface area (Å²) in [4.78, 5) is 4.31. The molecule has 2 heterocycles. The lowest BCUT2D eigenvalue weighted by molar-refractivity contribution is 0.280. The van der Waals surface area contributed by atoms with Gasteiger partial charge in [-0.25, -0.2) is 4.98 Å². The minimum absolute atomic E-state index is 0.391. The molecule has 0 saturated carbocycles. The molecule has 0 aliphatic heterocycles. The Morgan fingerprint density at radius 3 is 2.75 bits per heavy atom. The Morgan fingerprint density at radius 1 is 1.15 bits per heavy atom. The van der Waals surface area contributed by atoms with E-state index in [9.17, 15) is 0 Å². The Labute approximate surface area is 121 Å². The smallest absolute Gasteiger partial charge is 0.161 e. The molecule has 0 bridgehead atoms. The fourth-order valence-electron chi connectivity index (χ4n) is 2.00. The second-order valence-corrected chi connectivity index (χ2v) is 4.70. The van der Waals surface area contributed by atoms with Crippen LogP contribution in [0.25, 0.3) is 5.65 Å². The van der Waals surface area contributed by atoms with Crippen molar-refractivity contribution in [2.75, 3.05) is 7.11 Å². The van der Waals surface area contributed by atoms with Gasteiger partial charge in [0.1, 0.15) is 12.3 Å². The number of para-hydroxylation sites is 2. The van der Waals surface area contributed by atoms with Crippen molar-refractivity contribution >= 4 is 17.2 Å². The molecule has 0 aliphatic carbocycles. The van der Waals surface area contributed by atoms with Gasteiger partial charge < -0.3 is 9.47 Å². The van der Waals surface area contributed by atoms with E-state index < -0.39 is 0 Å². The van der Waals surface area contributed by atoms with Crippen molar-refractivity contribution in [3.05, 3.63) is 59.5 Å². The number of imidazole rings is 1. The number of ether oxygens (including phenoxy) is 2. The van der Waals surface area contributed by atoms with Gasteiger partial charge in [0, 0.05) is 6.20 Å². The molecular weight excluding hydrogens is 276 g/mol. The van der Waals surface area contributed by atoms with Crippen LogP contribution >= 0.6 is 11.6 Å². The molecule has 0 atom stereocenters. The average molecular weight is 289 g/mol. The zero-order chi connectivity index (χ0) is 13.9.